The number of halogens is 4. The van der Waals surface area contributed by atoms with E-state index in [1.807, 2.05) is 0 Å². The highest BCUT2D eigenvalue weighted by Crippen LogP contribution is 2.40. The quantitative estimate of drug-likeness (QED) is 0.267. The first-order valence-electron chi connectivity index (χ1n) is 12.5. The lowest BCUT2D eigenvalue weighted by Crippen LogP contribution is -2.44. The third kappa shape index (κ3) is 5.91. The van der Waals surface area contributed by atoms with Gasteiger partial charge in [-0.15, -0.1) is 0 Å². The third-order valence-electron chi connectivity index (χ3n) is 7.55. The number of aliphatic hydroxyl groups is 1. The zero-order chi connectivity index (χ0) is 27.4. The van der Waals surface area contributed by atoms with Gasteiger partial charge in [0.25, 0.3) is 0 Å². The van der Waals surface area contributed by atoms with Gasteiger partial charge in [-0.2, -0.15) is 0 Å². The van der Waals surface area contributed by atoms with E-state index in [-0.39, 0.29) is 18.4 Å². The van der Waals surface area contributed by atoms with Crippen molar-refractivity contribution in [1.82, 2.24) is 9.88 Å². The molecule has 1 fully saturated rings. The van der Waals surface area contributed by atoms with E-state index in [0.29, 0.717) is 67.5 Å². The summed E-state index contributed by atoms with van der Waals surface area (Å²) in [6.45, 7) is 1.59. The molecule has 1 aliphatic heterocycles. The lowest BCUT2D eigenvalue weighted by molar-refractivity contribution is -0.153. The Morgan fingerprint density at radius 1 is 1.11 bits per heavy atom. The fourth-order valence-corrected chi connectivity index (χ4v) is 5.23. The molecule has 0 radical (unpaired) electrons. The van der Waals surface area contributed by atoms with Gasteiger partial charge in [0, 0.05) is 10.9 Å². The molecule has 38 heavy (non-hydrogen) atoms. The molecule has 2 aromatic carbocycles. The minimum Gasteiger partial charge on any atom is -0.497 e. The normalized spacial score (nSPS) is 16.5. The van der Waals surface area contributed by atoms with Crippen LogP contribution in [0.25, 0.3) is 10.9 Å². The van der Waals surface area contributed by atoms with Crippen LogP contribution in [-0.4, -0.2) is 52.8 Å². The van der Waals surface area contributed by atoms with E-state index < -0.39 is 40.8 Å². The fourth-order valence-electron chi connectivity index (χ4n) is 5.23. The molecule has 0 unspecified atom stereocenters. The van der Waals surface area contributed by atoms with Crippen molar-refractivity contribution in [2.75, 3.05) is 26.7 Å². The predicted octanol–water partition coefficient (Wildman–Crippen LogP) is 5.41. The van der Waals surface area contributed by atoms with Crippen molar-refractivity contribution in [1.29, 1.82) is 0 Å². The molecule has 1 aliphatic rings. The number of aliphatic carboxylic acids is 1. The summed E-state index contributed by atoms with van der Waals surface area (Å²) >= 11 is 0. The molecule has 10 heteroatoms. The largest absolute Gasteiger partial charge is 0.497 e. The SMILES string of the molecule is COc1ccc2ncc(F)c([C@@H](O)CCC3(C(=O)O)CCN(CCCc4cc(F)c(F)c(F)c4)CC3)c2c1. The highest BCUT2D eigenvalue weighted by molar-refractivity contribution is 5.84. The zero-order valence-electron chi connectivity index (χ0n) is 21.0. The molecule has 6 nitrogen and oxygen atoms in total. The van der Waals surface area contributed by atoms with Gasteiger partial charge in [-0.25, -0.2) is 17.6 Å². The number of aliphatic hydroxyl groups excluding tert-OH is 1. The molecule has 0 spiro atoms. The van der Waals surface area contributed by atoms with Gasteiger partial charge >= 0.3 is 5.97 Å². The van der Waals surface area contributed by atoms with E-state index in [4.69, 9.17) is 4.74 Å². The van der Waals surface area contributed by atoms with Gasteiger partial charge < -0.3 is 19.8 Å². The Hall–Kier alpha value is -3.24. The minimum absolute atomic E-state index is 0.0568. The van der Waals surface area contributed by atoms with Gasteiger partial charge in [-0.1, -0.05) is 0 Å². The summed E-state index contributed by atoms with van der Waals surface area (Å²) in [6.07, 6.45) is 1.68. The number of carboxylic acids is 1. The standard InChI is InChI=1S/C28H30F4N2O4/c1-38-18-4-5-23-19(15-18)25(22(31)16-33-23)24(35)6-7-28(27(36)37)8-11-34(12-9-28)10-2-3-17-13-20(29)26(32)21(30)14-17/h4-5,13-16,24,35H,2-3,6-12H2,1H3,(H,36,37)/t24-/m0/s1. The van der Waals surface area contributed by atoms with Crippen LogP contribution in [0.3, 0.4) is 0 Å². The average molecular weight is 535 g/mol. The molecule has 1 saturated heterocycles. The van der Waals surface area contributed by atoms with Gasteiger partial charge in [-0.05, 0) is 94.1 Å². The van der Waals surface area contributed by atoms with Gasteiger partial charge in [0.1, 0.15) is 11.6 Å². The van der Waals surface area contributed by atoms with E-state index in [9.17, 15) is 32.6 Å². The Kier molecular flexibility index (Phi) is 8.52. The van der Waals surface area contributed by atoms with Crippen molar-refractivity contribution >= 4 is 16.9 Å². The zero-order valence-corrected chi connectivity index (χ0v) is 21.0. The second kappa shape index (κ2) is 11.7. The highest BCUT2D eigenvalue weighted by atomic mass is 19.2. The first kappa shape index (κ1) is 27.8. The molecule has 1 aromatic heterocycles. The third-order valence-corrected chi connectivity index (χ3v) is 7.55. The Morgan fingerprint density at radius 2 is 1.79 bits per heavy atom. The number of carbonyl (C=O) groups is 1. The summed E-state index contributed by atoms with van der Waals surface area (Å²) in [5.41, 5.74) is -0.132. The minimum atomic E-state index is -1.49. The lowest BCUT2D eigenvalue weighted by atomic mass is 9.74. The Morgan fingerprint density at radius 3 is 2.42 bits per heavy atom. The number of hydrogen-bond donors (Lipinski definition) is 2. The number of likely N-dealkylation sites (tertiary alicyclic amines) is 1. The number of aromatic nitrogens is 1. The summed E-state index contributed by atoms with van der Waals surface area (Å²) in [4.78, 5) is 18.4. The van der Waals surface area contributed by atoms with Crippen LogP contribution in [0.15, 0.2) is 36.5 Å². The molecule has 3 aromatic rings. The number of benzene rings is 2. The van der Waals surface area contributed by atoms with Crippen LogP contribution in [0.1, 0.15) is 49.3 Å². The number of rotatable bonds is 10. The number of aryl methyl sites for hydroxylation is 1. The topological polar surface area (TPSA) is 82.9 Å². The van der Waals surface area contributed by atoms with Crippen molar-refractivity contribution in [3.8, 4) is 5.75 Å². The highest BCUT2D eigenvalue weighted by Gasteiger charge is 2.41. The summed E-state index contributed by atoms with van der Waals surface area (Å²) in [6, 6.07) is 6.93. The summed E-state index contributed by atoms with van der Waals surface area (Å²) in [7, 11) is 1.48. The van der Waals surface area contributed by atoms with Crippen molar-refractivity contribution < 1.29 is 37.3 Å². The van der Waals surface area contributed by atoms with Crippen molar-refractivity contribution in [3.63, 3.8) is 0 Å². The summed E-state index contributed by atoms with van der Waals surface area (Å²) in [5, 5.41) is 21.4. The molecule has 1 atom stereocenters. The molecule has 4 rings (SSSR count). The maximum Gasteiger partial charge on any atom is 0.309 e. The fraction of sp³-hybridized carbons (Fsp3) is 0.429. The molecule has 0 aliphatic carbocycles. The number of ether oxygens (including phenoxy) is 1. The monoisotopic (exact) mass is 534 g/mol. The Labute approximate surface area is 217 Å². The first-order valence-corrected chi connectivity index (χ1v) is 12.5. The number of nitrogens with zero attached hydrogens (tertiary/aromatic N) is 2. The van der Waals surface area contributed by atoms with E-state index >= 15 is 0 Å². The van der Waals surface area contributed by atoms with Gasteiger partial charge in [0.05, 0.1) is 30.3 Å². The number of methoxy groups -OCH3 is 1. The molecule has 204 valence electrons. The van der Waals surface area contributed by atoms with Crippen LogP contribution in [0.4, 0.5) is 17.6 Å². The van der Waals surface area contributed by atoms with Crippen LogP contribution in [0.5, 0.6) is 5.75 Å². The van der Waals surface area contributed by atoms with Crippen LogP contribution in [0, 0.1) is 28.7 Å². The van der Waals surface area contributed by atoms with Crippen molar-refractivity contribution in [2.24, 2.45) is 5.41 Å². The van der Waals surface area contributed by atoms with E-state index in [2.05, 4.69) is 9.88 Å². The average Bonchev–Trinajstić information content (AvgIpc) is 2.90. The summed E-state index contributed by atoms with van der Waals surface area (Å²) < 4.78 is 59.9. The molecule has 0 saturated carbocycles. The number of hydrogen-bond acceptors (Lipinski definition) is 5. The molecular formula is C28H30F4N2O4. The number of pyridine rings is 1. The number of carboxylic acid groups (broad SMARTS) is 1. The van der Waals surface area contributed by atoms with E-state index in [1.165, 1.54) is 7.11 Å². The lowest BCUT2D eigenvalue weighted by Gasteiger charge is -2.39. The maximum atomic E-state index is 14.7. The molecule has 0 amide bonds. The van der Waals surface area contributed by atoms with E-state index in [0.717, 1.165) is 18.3 Å². The molecule has 0 bridgehead atoms. The van der Waals surface area contributed by atoms with Gasteiger partial charge in [0.2, 0.25) is 0 Å². The van der Waals surface area contributed by atoms with Crippen LogP contribution < -0.4 is 4.74 Å². The van der Waals surface area contributed by atoms with Gasteiger partial charge in [0.15, 0.2) is 17.5 Å². The molecular weight excluding hydrogens is 504 g/mol. The van der Waals surface area contributed by atoms with E-state index in [1.54, 1.807) is 18.2 Å². The smallest absolute Gasteiger partial charge is 0.309 e. The Balaban J connectivity index is 1.36. The first-order chi connectivity index (χ1) is 18.1. The predicted molar refractivity (Wildman–Crippen MR) is 133 cm³/mol. The Bertz CT molecular complexity index is 1290. The molecule has 2 heterocycles. The second-order valence-electron chi connectivity index (χ2n) is 9.86. The van der Waals surface area contributed by atoms with Crippen LogP contribution in [-0.2, 0) is 11.2 Å². The van der Waals surface area contributed by atoms with Crippen molar-refractivity contribution in [3.05, 3.63) is 70.9 Å². The number of piperidine rings is 1. The van der Waals surface area contributed by atoms with Gasteiger partial charge in [-0.3, -0.25) is 9.78 Å². The number of fused-ring (bicyclic) bond motifs is 1. The molecule has 2 N–H and O–H groups in total. The summed E-state index contributed by atoms with van der Waals surface area (Å²) in [5.74, 6) is -5.06. The van der Waals surface area contributed by atoms with Crippen molar-refractivity contribution in [2.45, 2.75) is 44.6 Å². The van der Waals surface area contributed by atoms with Crippen LogP contribution in [0.2, 0.25) is 0 Å². The van der Waals surface area contributed by atoms with Crippen LogP contribution >= 0.6 is 0 Å². The second-order valence-corrected chi connectivity index (χ2v) is 9.86. The maximum absolute atomic E-state index is 14.7.